The lowest BCUT2D eigenvalue weighted by molar-refractivity contribution is 0.385. The average molecular weight is 187 g/mol. The van der Waals surface area contributed by atoms with Gasteiger partial charge in [-0.1, -0.05) is 0 Å². The van der Waals surface area contributed by atoms with Gasteiger partial charge in [-0.05, 0) is 13.8 Å². The molecule has 0 amide bonds. The maximum Gasteiger partial charge on any atom is 0.191 e. The van der Waals surface area contributed by atoms with Crippen molar-refractivity contribution in [2.75, 3.05) is 25.9 Å². The second-order valence-corrected chi connectivity index (χ2v) is 5.41. The predicted molar refractivity (Wildman–Crippen MR) is 55.7 cm³/mol. The maximum absolute atomic E-state index is 5.74. The van der Waals surface area contributed by atoms with Gasteiger partial charge in [0, 0.05) is 30.6 Å². The number of hydrogen-bond acceptors (Lipinski definition) is 2. The summed E-state index contributed by atoms with van der Waals surface area (Å²) in [6.45, 7) is 6.51. The molecule has 0 bridgehead atoms. The Morgan fingerprint density at radius 2 is 2.25 bits per heavy atom. The van der Waals surface area contributed by atoms with Gasteiger partial charge in [-0.3, -0.25) is 4.99 Å². The van der Waals surface area contributed by atoms with E-state index < -0.39 is 0 Å². The molecule has 1 aliphatic rings. The summed E-state index contributed by atoms with van der Waals surface area (Å²) in [5.74, 6) is 1.81. The smallest absolute Gasteiger partial charge is 0.191 e. The fraction of sp³-hybridized carbons (Fsp3) is 0.875. The van der Waals surface area contributed by atoms with Gasteiger partial charge in [-0.2, -0.15) is 11.8 Å². The minimum Gasteiger partial charge on any atom is -0.370 e. The van der Waals surface area contributed by atoms with E-state index in [2.05, 4.69) is 23.7 Å². The summed E-state index contributed by atoms with van der Waals surface area (Å²) >= 11 is 2.00. The summed E-state index contributed by atoms with van der Waals surface area (Å²) in [6, 6.07) is 0. The van der Waals surface area contributed by atoms with E-state index in [9.17, 15) is 0 Å². The molecule has 0 aliphatic carbocycles. The molecule has 2 N–H and O–H groups in total. The third kappa shape index (κ3) is 2.30. The van der Waals surface area contributed by atoms with Crippen molar-refractivity contribution < 1.29 is 0 Å². The van der Waals surface area contributed by atoms with E-state index in [0.29, 0.717) is 10.7 Å². The molecule has 0 radical (unpaired) electrons. The van der Waals surface area contributed by atoms with Crippen molar-refractivity contribution in [3.05, 3.63) is 0 Å². The van der Waals surface area contributed by atoms with Gasteiger partial charge in [0.2, 0.25) is 0 Å². The Morgan fingerprint density at radius 3 is 2.75 bits per heavy atom. The Kier molecular flexibility index (Phi) is 2.88. The summed E-state index contributed by atoms with van der Waals surface area (Å²) in [4.78, 5) is 6.14. The van der Waals surface area contributed by atoms with Crippen LogP contribution >= 0.6 is 11.8 Å². The van der Waals surface area contributed by atoms with E-state index in [-0.39, 0.29) is 0 Å². The van der Waals surface area contributed by atoms with Crippen molar-refractivity contribution in [3.63, 3.8) is 0 Å². The Balaban J connectivity index is 2.58. The fourth-order valence-corrected chi connectivity index (χ4v) is 2.46. The summed E-state index contributed by atoms with van der Waals surface area (Å²) in [5.41, 5.74) is 5.74. The number of hydrogen-bond donors (Lipinski definition) is 1. The monoisotopic (exact) mass is 187 g/mol. The predicted octanol–water partition coefficient (Wildman–Crippen LogP) is 0.758. The van der Waals surface area contributed by atoms with Gasteiger partial charge in [0.1, 0.15) is 0 Å². The molecule has 1 aliphatic heterocycles. The molecular formula is C8H17N3S. The molecular weight excluding hydrogens is 170 g/mol. The molecule has 0 aromatic carbocycles. The fourth-order valence-electron chi connectivity index (χ4n) is 1.35. The van der Waals surface area contributed by atoms with E-state index >= 15 is 0 Å². The molecule has 1 heterocycles. The van der Waals surface area contributed by atoms with E-state index in [1.807, 2.05) is 11.8 Å². The molecule has 3 nitrogen and oxygen atoms in total. The first-order chi connectivity index (χ1) is 5.55. The van der Waals surface area contributed by atoms with Crippen molar-refractivity contribution in [3.8, 4) is 0 Å². The van der Waals surface area contributed by atoms with Crippen LogP contribution in [0.1, 0.15) is 13.8 Å². The molecule has 1 saturated heterocycles. The van der Waals surface area contributed by atoms with Gasteiger partial charge < -0.3 is 10.6 Å². The van der Waals surface area contributed by atoms with Gasteiger partial charge in [0.05, 0.1) is 0 Å². The summed E-state index contributed by atoms with van der Waals surface area (Å²) in [5, 5.41) is 0. The zero-order valence-corrected chi connectivity index (χ0v) is 8.82. The number of nitrogens with zero attached hydrogens (tertiary/aromatic N) is 2. The first-order valence-electron chi connectivity index (χ1n) is 4.16. The van der Waals surface area contributed by atoms with Crippen molar-refractivity contribution in [1.82, 2.24) is 4.90 Å². The highest BCUT2D eigenvalue weighted by atomic mass is 32.2. The first kappa shape index (κ1) is 9.71. The van der Waals surface area contributed by atoms with Crippen LogP contribution in [0.5, 0.6) is 0 Å². The minimum absolute atomic E-state index is 0.313. The Morgan fingerprint density at radius 1 is 1.58 bits per heavy atom. The molecule has 0 aromatic heterocycles. The molecule has 12 heavy (non-hydrogen) atoms. The SMILES string of the molecule is CN=C(N)N1CCSC(C)(C)C1. The topological polar surface area (TPSA) is 41.6 Å². The lowest BCUT2D eigenvalue weighted by atomic mass is 10.2. The van der Waals surface area contributed by atoms with E-state index in [1.54, 1.807) is 7.05 Å². The molecule has 0 spiro atoms. The van der Waals surface area contributed by atoms with Crippen LogP contribution in [0, 0.1) is 0 Å². The van der Waals surface area contributed by atoms with Crippen molar-refractivity contribution in [2.24, 2.45) is 10.7 Å². The van der Waals surface area contributed by atoms with Crippen LogP contribution in [0.25, 0.3) is 0 Å². The zero-order chi connectivity index (χ0) is 9.19. The van der Waals surface area contributed by atoms with Crippen LogP contribution in [0.3, 0.4) is 0 Å². The highest BCUT2D eigenvalue weighted by Crippen LogP contribution is 2.29. The molecule has 0 atom stereocenters. The number of aliphatic imine (C=N–C) groups is 1. The average Bonchev–Trinajstić information content (AvgIpc) is 2.01. The van der Waals surface area contributed by atoms with E-state index in [0.717, 1.165) is 18.8 Å². The van der Waals surface area contributed by atoms with Crippen LogP contribution in [0.15, 0.2) is 4.99 Å². The zero-order valence-electron chi connectivity index (χ0n) is 8.00. The lowest BCUT2D eigenvalue weighted by Gasteiger charge is -2.37. The normalized spacial score (nSPS) is 24.2. The molecule has 0 unspecified atom stereocenters. The molecule has 4 heteroatoms. The first-order valence-corrected chi connectivity index (χ1v) is 5.15. The van der Waals surface area contributed by atoms with Crippen LogP contribution in [-0.4, -0.2) is 41.5 Å². The standard InChI is InChI=1S/C8H17N3S/c1-8(2)6-11(4-5-12-8)7(9)10-3/h4-6H2,1-3H3,(H2,9,10). The molecule has 0 saturated carbocycles. The van der Waals surface area contributed by atoms with Gasteiger partial charge in [-0.15, -0.1) is 0 Å². The van der Waals surface area contributed by atoms with Gasteiger partial charge >= 0.3 is 0 Å². The summed E-state index contributed by atoms with van der Waals surface area (Å²) in [7, 11) is 1.74. The van der Waals surface area contributed by atoms with Gasteiger partial charge in [0.15, 0.2) is 5.96 Å². The highest BCUT2D eigenvalue weighted by molar-refractivity contribution is 8.00. The van der Waals surface area contributed by atoms with Crippen molar-refractivity contribution in [2.45, 2.75) is 18.6 Å². The molecule has 1 fully saturated rings. The minimum atomic E-state index is 0.313. The van der Waals surface area contributed by atoms with E-state index in [4.69, 9.17) is 5.73 Å². The third-order valence-corrected chi connectivity index (χ3v) is 3.28. The number of thioether (sulfide) groups is 1. The van der Waals surface area contributed by atoms with Gasteiger partial charge in [0.25, 0.3) is 0 Å². The molecule has 0 aromatic rings. The second kappa shape index (κ2) is 3.56. The third-order valence-electron chi connectivity index (χ3n) is 1.98. The Hall–Kier alpha value is -0.380. The largest absolute Gasteiger partial charge is 0.370 e. The van der Waals surface area contributed by atoms with Crippen LogP contribution in [0.2, 0.25) is 0 Å². The molecule has 1 rings (SSSR count). The number of guanidine groups is 1. The quantitative estimate of drug-likeness (QED) is 0.449. The number of rotatable bonds is 0. The maximum atomic E-state index is 5.74. The second-order valence-electron chi connectivity index (χ2n) is 3.61. The van der Waals surface area contributed by atoms with E-state index in [1.165, 1.54) is 0 Å². The Labute approximate surface area is 78.4 Å². The van der Waals surface area contributed by atoms with Crippen molar-refractivity contribution >= 4 is 17.7 Å². The number of nitrogens with two attached hydrogens (primary N) is 1. The lowest BCUT2D eigenvalue weighted by Crippen LogP contribution is -2.49. The summed E-state index contributed by atoms with van der Waals surface area (Å²) in [6.07, 6.45) is 0. The van der Waals surface area contributed by atoms with Gasteiger partial charge in [-0.25, -0.2) is 0 Å². The molecule has 70 valence electrons. The Bertz CT molecular complexity index is 189. The summed E-state index contributed by atoms with van der Waals surface area (Å²) < 4.78 is 0.313. The van der Waals surface area contributed by atoms with Crippen LogP contribution < -0.4 is 5.73 Å². The van der Waals surface area contributed by atoms with Crippen LogP contribution in [0.4, 0.5) is 0 Å². The van der Waals surface area contributed by atoms with Crippen LogP contribution in [-0.2, 0) is 0 Å². The van der Waals surface area contributed by atoms with Crippen molar-refractivity contribution in [1.29, 1.82) is 0 Å². The highest BCUT2D eigenvalue weighted by Gasteiger charge is 2.27.